The van der Waals surface area contributed by atoms with E-state index >= 15 is 0 Å². The van der Waals surface area contributed by atoms with Gasteiger partial charge in [-0.1, -0.05) is 297 Å². The number of carbonyl (C=O) groups excluding carboxylic acids is 3. The highest BCUT2D eigenvalue weighted by Gasteiger charge is 2.19. The maximum Gasteiger partial charge on any atom is 0.306 e. The van der Waals surface area contributed by atoms with E-state index in [0.717, 1.165) is 135 Å². The molecule has 0 aliphatic carbocycles. The van der Waals surface area contributed by atoms with Crippen LogP contribution in [-0.2, 0) is 28.6 Å². The van der Waals surface area contributed by atoms with Crippen molar-refractivity contribution >= 4 is 17.9 Å². The smallest absolute Gasteiger partial charge is 0.306 e. The number of ether oxygens (including phenoxy) is 3. The lowest BCUT2D eigenvalue weighted by molar-refractivity contribution is -0.167. The minimum atomic E-state index is -0.783. The van der Waals surface area contributed by atoms with Crippen molar-refractivity contribution in [2.75, 3.05) is 13.2 Å². The second-order valence-electron chi connectivity index (χ2n) is 21.0. The van der Waals surface area contributed by atoms with Crippen molar-refractivity contribution in [3.05, 3.63) is 109 Å². The van der Waals surface area contributed by atoms with Gasteiger partial charge in [0.05, 0.1) is 0 Å². The molecule has 0 rings (SSSR count). The topological polar surface area (TPSA) is 78.9 Å². The maximum absolute atomic E-state index is 12.9. The van der Waals surface area contributed by atoms with Crippen molar-refractivity contribution in [3.8, 4) is 0 Å². The first-order chi connectivity index (χ1) is 37.5. The molecule has 0 spiro atoms. The number of hydrogen-bond acceptors (Lipinski definition) is 6. The van der Waals surface area contributed by atoms with Crippen LogP contribution in [0.5, 0.6) is 0 Å². The highest BCUT2D eigenvalue weighted by atomic mass is 16.6. The normalized spacial score (nSPS) is 12.8. The van der Waals surface area contributed by atoms with E-state index in [0.29, 0.717) is 19.3 Å². The third kappa shape index (κ3) is 60.9. The van der Waals surface area contributed by atoms with E-state index in [2.05, 4.69) is 130 Å². The molecule has 434 valence electrons. The summed E-state index contributed by atoms with van der Waals surface area (Å²) in [5, 5.41) is 0. The Hall–Kier alpha value is -3.93. The molecule has 0 aliphatic rings. The van der Waals surface area contributed by atoms with Crippen LogP contribution in [0.4, 0.5) is 0 Å². The zero-order valence-electron chi connectivity index (χ0n) is 49.7. The highest BCUT2D eigenvalue weighted by Crippen LogP contribution is 2.16. The molecule has 0 fully saturated rings. The molecule has 0 saturated carbocycles. The molecule has 0 aromatic heterocycles. The summed E-state index contributed by atoms with van der Waals surface area (Å²) in [5.74, 6) is -0.893. The molecule has 0 amide bonds. The molecule has 0 aliphatic heterocycles. The molecule has 0 aromatic carbocycles. The molecule has 6 heteroatoms. The number of rotatable bonds is 57. The van der Waals surface area contributed by atoms with E-state index in [1.807, 2.05) is 0 Å². The minimum Gasteiger partial charge on any atom is -0.462 e. The summed E-state index contributed by atoms with van der Waals surface area (Å²) < 4.78 is 16.9. The van der Waals surface area contributed by atoms with Crippen molar-refractivity contribution in [2.45, 2.75) is 303 Å². The van der Waals surface area contributed by atoms with Gasteiger partial charge in [0.2, 0.25) is 0 Å². The van der Waals surface area contributed by atoms with E-state index in [-0.39, 0.29) is 31.1 Å². The molecule has 6 nitrogen and oxygen atoms in total. The van der Waals surface area contributed by atoms with E-state index < -0.39 is 6.10 Å². The van der Waals surface area contributed by atoms with Crippen LogP contribution in [-0.4, -0.2) is 37.2 Å². The molecule has 0 heterocycles. The fraction of sp³-hybridized carbons (Fsp3) is 0.700. The Balaban J connectivity index is 4.25. The first-order valence-corrected chi connectivity index (χ1v) is 31.9. The molecular weight excluding hydrogens is 937 g/mol. The summed E-state index contributed by atoms with van der Waals surface area (Å²) in [6.45, 7) is 6.52. The molecule has 0 aromatic rings. The summed E-state index contributed by atoms with van der Waals surface area (Å²) in [5.41, 5.74) is 0. The van der Waals surface area contributed by atoms with Gasteiger partial charge in [0.1, 0.15) is 13.2 Å². The van der Waals surface area contributed by atoms with Crippen LogP contribution in [0, 0.1) is 0 Å². The summed E-state index contributed by atoms with van der Waals surface area (Å²) in [6, 6.07) is 0. The Kier molecular flexibility index (Phi) is 60.3. The van der Waals surface area contributed by atoms with E-state index in [1.165, 1.54) is 122 Å². The van der Waals surface area contributed by atoms with Gasteiger partial charge in [0.25, 0.3) is 0 Å². The van der Waals surface area contributed by atoms with Gasteiger partial charge in [0.15, 0.2) is 6.10 Å². The largest absolute Gasteiger partial charge is 0.462 e. The average Bonchev–Trinajstić information content (AvgIpc) is 3.42. The second kappa shape index (κ2) is 63.6. The van der Waals surface area contributed by atoms with Gasteiger partial charge < -0.3 is 14.2 Å². The first-order valence-electron chi connectivity index (χ1n) is 31.9. The van der Waals surface area contributed by atoms with Crippen molar-refractivity contribution in [2.24, 2.45) is 0 Å². The fourth-order valence-corrected chi connectivity index (χ4v) is 8.79. The summed E-state index contributed by atoms with van der Waals surface area (Å²) >= 11 is 0. The predicted molar refractivity (Wildman–Crippen MR) is 330 cm³/mol. The van der Waals surface area contributed by atoms with Crippen LogP contribution in [0.3, 0.4) is 0 Å². The third-order valence-electron chi connectivity index (χ3n) is 13.5. The summed E-state index contributed by atoms with van der Waals surface area (Å²) in [4.78, 5) is 38.2. The van der Waals surface area contributed by atoms with Crippen LogP contribution >= 0.6 is 0 Å². The Bertz CT molecular complexity index is 1540. The number of allylic oxidation sites excluding steroid dienone is 18. The monoisotopic (exact) mass is 1050 g/mol. The molecule has 0 N–H and O–H groups in total. The van der Waals surface area contributed by atoms with Gasteiger partial charge in [0, 0.05) is 19.3 Å². The number of carbonyl (C=O) groups is 3. The SMILES string of the molecule is CC/C=C\C/C=C\C/C=C\C/C=C\C/C=C\C/C=C\C/C=C\C/C=C\C/C=C\CCCCCCCC(=O)OCC(COC(=O)CCCCCCCCCCCCC)OC(=O)CCCCCCCCCCCCCCCC. The Labute approximate surface area is 470 Å². The molecule has 1 atom stereocenters. The standard InChI is InChI=1S/C70H118O6/c1-4-7-10-13-16-19-22-24-26-27-28-29-30-31-32-33-34-35-36-37-38-39-40-41-42-43-44-46-48-51-54-57-60-63-69(72)75-66-67(65-74-68(71)62-59-56-53-50-47-21-18-15-12-9-6-3)76-70(73)64-61-58-55-52-49-45-25-23-20-17-14-11-8-5-2/h7,10,16,19,24,26,28-29,31-32,34-35,37-38,40-41,43-44,67H,4-6,8-9,11-15,17-18,20-23,25,27,30,33,36,39,42,45-66H2,1-3H3/b10-7-,19-16-,26-24-,29-28-,32-31-,35-34-,38-37-,41-40-,44-43-. The third-order valence-corrected chi connectivity index (χ3v) is 13.5. The quantitative estimate of drug-likeness (QED) is 0.0261. The highest BCUT2D eigenvalue weighted by molar-refractivity contribution is 5.71. The van der Waals surface area contributed by atoms with Gasteiger partial charge in [-0.3, -0.25) is 14.4 Å². The van der Waals surface area contributed by atoms with Crippen LogP contribution < -0.4 is 0 Å². The lowest BCUT2D eigenvalue weighted by Gasteiger charge is -2.18. The molecule has 1 unspecified atom stereocenters. The van der Waals surface area contributed by atoms with Crippen molar-refractivity contribution in [1.29, 1.82) is 0 Å². The van der Waals surface area contributed by atoms with Gasteiger partial charge in [-0.15, -0.1) is 0 Å². The summed E-state index contributed by atoms with van der Waals surface area (Å²) in [7, 11) is 0. The van der Waals surface area contributed by atoms with E-state index in [9.17, 15) is 14.4 Å². The predicted octanol–water partition coefficient (Wildman–Crippen LogP) is 21.8. The van der Waals surface area contributed by atoms with Crippen molar-refractivity contribution in [1.82, 2.24) is 0 Å². The van der Waals surface area contributed by atoms with E-state index in [4.69, 9.17) is 14.2 Å². The van der Waals surface area contributed by atoms with E-state index in [1.54, 1.807) is 0 Å². The molecular formula is C70H118O6. The van der Waals surface area contributed by atoms with Crippen LogP contribution in [0.2, 0.25) is 0 Å². The van der Waals surface area contributed by atoms with Crippen molar-refractivity contribution in [3.63, 3.8) is 0 Å². The van der Waals surface area contributed by atoms with Crippen LogP contribution in [0.25, 0.3) is 0 Å². The maximum atomic E-state index is 12.9. The number of hydrogen-bond donors (Lipinski definition) is 0. The lowest BCUT2D eigenvalue weighted by atomic mass is 10.0. The first kappa shape index (κ1) is 72.1. The zero-order valence-corrected chi connectivity index (χ0v) is 49.7. The number of unbranched alkanes of at least 4 members (excludes halogenated alkanes) is 28. The number of esters is 3. The fourth-order valence-electron chi connectivity index (χ4n) is 8.79. The summed E-state index contributed by atoms with van der Waals surface area (Å²) in [6.07, 6.45) is 86.7. The molecule has 0 radical (unpaired) electrons. The second-order valence-corrected chi connectivity index (χ2v) is 21.0. The van der Waals surface area contributed by atoms with Crippen LogP contribution in [0.1, 0.15) is 297 Å². The van der Waals surface area contributed by atoms with Crippen molar-refractivity contribution < 1.29 is 28.6 Å². The minimum absolute atomic E-state index is 0.0803. The molecule has 0 bridgehead atoms. The van der Waals surface area contributed by atoms with Gasteiger partial charge in [-0.05, 0) is 89.9 Å². The lowest BCUT2D eigenvalue weighted by Crippen LogP contribution is -2.30. The zero-order chi connectivity index (χ0) is 55.0. The van der Waals surface area contributed by atoms with Gasteiger partial charge >= 0.3 is 17.9 Å². The molecule has 76 heavy (non-hydrogen) atoms. The Morgan fingerprint density at radius 2 is 0.513 bits per heavy atom. The van der Waals surface area contributed by atoms with Gasteiger partial charge in [-0.25, -0.2) is 0 Å². The molecule has 0 saturated heterocycles. The van der Waals surface area contributed by atoms with Gasteiger partial charge in [-0.2, -0.15) is 0 Å². The van der Waals surface area contributed by atoms with Crippen LogP contribution in [0.15, 0.2) is 109 Å². The average molecular weight is 1060 g/mol. The Morgan fingerprint density at radius 3 is 0.803 bits per heavy atom. The Morgan fingerprint density at radius 1 is 0.276 bits per heavy atom.